The summed E-state index contributed by atoms with van der Waals surface area (Å²) < 4.78 is 28.2. The van der Waals surface area contributed by atoms with Crippen LogP contribution in [0.2, 0.25) is 0 Å². The lowest BCUT2D eigenvalue weighted by Gasteiger charge is -2.19. The molecular formula is C14H19NO5S. The van der Waals surface area contributed by atoms with Crippen molar-refractivity contribution >= 4 is 15.8 Å². The number of aromatic carboxylic acids is 1. The van der Waals surface area contributed by atoms with Crippen LogP contribution < -0.4 is 4.74 Å². The fourth-order valence-electron chi connectivity index (χ4n) is 2.43. The highest BCUT2D eigenvalue weighted by Gasteiger charge is 2.20. The number of benzene rings is 1. The molecule has 0 aromatic heterocycles. The van der Waals surface area contributed by atoms with Gasteiger partial charge in [-0.05, 0) is 30.7 Å². The lowest BCUT2D eigenvalue weighted by Crippen LogP contribution is -2.26. The molecule has 116 valence electrons. The second-order valence-corrected chi connectivity index (χ2v) is 7.42. The first-order chi connectivity index (χ1) is 9.91. The smallest absolute Gasteiger partial charge is 0.339 e. The van der Waals surface area contributed by atoms with Gasteiger partial charge in [0.05, 0.1) is 18.6 Å². The van der Waals surface area contributed by atoms with Gasteiger partial charge in [-0.1, -0.05) is 6.07 Å². The summed E-state index contributed by atoms with van der Waals surface area (Å²) in [6.07, 6.45) is 0.615. The molecule has 0 saturated carbocycles. The summed E-state index contributed by atoms with van der Waals surface area (Å²) in [4.78, 5) is 13.2. The predicted molar refractivity (Wildman–Crippen MR) is 78.5 cm³/mol. The van der Waals surface area contributed by atoms with E-state index in [0.29, 0.717) is 31.8 Å². The highest BCUT2D eigenvalue weighted by molar-refractivity contribution is 7.91. The van der Waals surface area contributed by atoms with E-state index in [2.05, 4.69) is 0 Å². The largest absolute Gasteiger partial charge is 0.496 e. The van der Waals surface area contributed by atoms with Crippen LogP contribution in [0, 0.1) is 0 Å². The normalized spacial score (nSPS) is 18.9. The number of methoxy groups -OCH3 is 1. The molecule has 1 aromatic rings. The molecule has 1 fully saturated rings. The Labute approximate surface area is 124 Å². The van der Waals surface area contributed by atoms with Crippen molar-refractivity contribution in [3.63, 3.8) is 0 Å². The topological polar surface area (TPSA) is 83.9 Å². The molecule has 1 aliphatic heterocycles. The maximum Gasteiger partial charge on any atom is 0.339 e. The van der Waals surface area contributed by atoms with Crippen LogP contribution in [0.15, 0.2) is 18.2 Å². The summed E-state index contributed by atoms with van der Waals surface area (Å²) >= 11 is 0. The minimum absolute atomic E-state index is 0.123. The Hall–Kier alpha value is -1.60. The highest BCUT2D eigenvalue weighted by atomic mass is 32.2. The van der Waals surface area contributed by atoms with Crippen LogP contribution in [0.3, 0.4) is 0 Å². The fourth-order valence-corrected chi connectivity index (χ4v) is 3.74. The molecule has 1 aliphatic rings. The average Bonchev–Trinajstić information content (AvgIpc) is 2.60. The first-order valence-corrected chi connectivity index (χ1v) is 8.56. The van der Waals surface area contributed by atoms with Crippen LogP contribution >= 0.6 is 0 Å². The van der Waals surface area contributed by atoms with Crippen LogP contribution in [-0.4, -0.2) is 56.1 Å². The van der Waals surface area contributed by atoms with E-state index in [1.165, 1.54) is 7.11 Å². The third-order valence-corrected chi connectivity index (χ3v) is 5.26. The van der Waals surface area contributed by atoms with Gasteiger partial charge in [-0.25, -0.2) is 13.2 Å². The first kappa shape index (κ1) is 15.8. The quantitative estimate of drug-likeness (QED) is 0.893. The Morgan fingerprint density at radius 1 is 1.33 bits per heavy atom. The van der Waals surface area contributed by atoms with Crippen LogP contribution in [0.5, 0.6) is 5.75 Å². The molecule has 0 amide bonds. The number of carboxylic acids is 1. The monoisotopic (exact) mass is 313 g/mol. The number of hydrogen-bond acceptors (Lipinski definition) is 5. The van der Waals surface area contributed by atoms with Gasteiger partial charge in [-0.2, -0.15) is 0 Å². The fraction of sp³-hybridized carbons (Fsp3) is 0.500. The molecule has 0 unspecified atom stereocenters. The molecule has 0 radical (unpaired) electrons. The number of sulfone groups is 1. The van der Waals surface area contributed by atoms with E-state index in [-0.39, 0.29) is 17.1 Å². The van der Waals surface area contributed by atoms with E-state index in [9.17, 15) is 13.2 Å². The number of carboxylic acid groups (broad SMARTS) is 1. The van der Waals surface area contributed by atoms with Crippen LogP contribution in [0.4, 0.5) is 0 Å². The van der Waals surface area contributed by atoms with Crippen molar-refractivity contribution in [1.29, 1.82) is 0 Å². The standard InChI is InChI=1S/C14H19NO5S/c1-20-13-4-3-11(9-12(13)14(16)17)10-15-5-2-7-21(18,19)8-6-15/h3-4,9H,2,5-8,10H2,1H3,(H,16,17). The molecule has 6 nitrogen and oxygen atoms in total. The van der Waals surface area contributed by atoms with Gasteiger partial charge in [0.1, 0.15) is 11.3 Å². The second kappa shape index (κ2) is 6.44. The third kappa shape index (κ3) is 4.18. The summed E-state index contributed by atoms with van der Waals surface area (Å²) in [5.41, 5.74) is 0.963. The molecule has 1 saturated heterocycles. The highest BCUT2D eigenvalue weighted by Crippen LogP contribution is 2.21. The maximum atomic E-state index is 11.6. The van der Waals surface area contributed by atoms with Crippen molar-refractivity contribution in [3.05, 3.63) is 29.3 Å². The minimum atomic E-state index is -2.93. The molecule has 2 rings (SSSR count). The number of rotatable bonds is 4. The Balaban J connectivity index is 2.12. The van der Waals surface area contributed by atoms with Crippen LogP contribution in [-0.2, 0) is 16.4 Å². The van der Waals surface area contributed by atoms with Gasteiger partial charge in [-0.3, -0.25) is 4.90 Å². The molecule has 0 aliphatic carbocycles. The molecule has 1 N–H and O–H groups in total. The molecule has 0 atom stereocenters. The van der Waals surface area contributed by atoms with Crippen molar-refractivity contribution in [2.24, 2.45) is 0 Å². The van der Waals surface area contributed by atoms with Gasteiger partial charge >= 0.3 is 5.97 Å². The molecular weight excluding hydrogens is 294 g/mol. The summed E-state index contributed by atoms with van der Waals surface area (Å²) in [6.45, 7) is 1.73. The predicted octanol–water partition coefficient (Wildman–Crippen LogP) is 1.01. The molecule has 7 heteroatoms. The van der Waals surface area contributed by atoms with Crippen molar-refractivity contribution in [1.82, 2.24) is 4.90 Å². The average molecular weight is 313 g/mol. The van der Waals surface area contributed by atoms with Gasteiger partial charge < -0.3 is 9.84 Å². The zero-order valence-electron chi connectivity index (χ0n) is 11.9. The summed E-state index contributed by atoms with van der Waals surface area (Å²) in [7, 11) is -1.50. The third-order valence-electron chi connectivity index (χ3n) is 3.55. The second-order valence-electron chi connectivity index (χ2n) is 5.12. The molecule has 21 heavy (non-hydrogen) atoms. The molecule has 1 heterocycles. The number of carbonyl (C=O) groups is 1. The first-order valence-electron chi connectivity index (χ1n) is 6.74. The maximum absolute atomic E-state index is 11.6. The van der Waals surface area contributed by atoms with Gasteiger partial charge in [0.15, 0.2) is 9.84 Å². The van der Waals surface area contributed by atoms with Gasteiger partial charge in [0.2, 0.25) is 0 Å². The zero-order valence-corrected chi connectivity index (χ0v) is 12.7. The lowest BCUT2D eigenvalue weighted by molar-refractivity contribution is 0.0693. The van der Waals surface area contributed by atoms with Crippen LogP contribution in [0.25, 0.3) is 0 Å². The number of ether oxygens (including phenoxy) is 1. The summed E-state index contributed by atoms with van der Waals surface area (Å²) in [5, 5.41) is 9.17. The Bertz CT molecular complexity index is 626. The van der Waals surface area contributed by atoms with Crippen molar-refractivity contribution in [2.45, 2.75) is 13.0 Å². The summed E-state index contributed by atoms with van der Waals surface area (Å²) in [5.74, 6) is -0.321. The van der Waals surface area contributed by atoms with E-state index in [0.717, 1.165) is 5.56 Å². The zero-order chi connectivity index (χ0) is 15.5. The Morgan fingerprint density at radius 3 is 2.76 bits per heavy atom. The van der Waals surface area contributed by atoms with E-state index >= 15 is 0 Å². The van der Waals surface area contributed by atoms with Gasteiger partial charge in [-0.15, -0.1) is 0 Å². The SMILES string of the molecule is COc1ccc(CN2CCCS(=O)(=O)CC2)cc1C(=O)O. The van der Waals surface area contributed by atoms with E-state index in [4.69, 9.17) is 9.84 Å². The van der Waals surface area contributed by atoms with Crippen LogP contribution in [0.1, 0.15) is 22.3 Å². The summed E-state index contributed by atoms with van der Waals surface area (Å²) in [6, 6.07) is 5.03. The Morgan fingerprint density at radius 2 is 2.10 bits per heavy atom. The minimum Gasteiger partial charge on any atom is -0.496 e. The number of hydrogen-bond donors (Lipinski definition) is 1. The van der Waals surface area contributed by atoms with Crippen molar-refractivity contribution < 1.29 is 23.1 Å². The molecule has 0 spiro atoms. The van der Waals surface area contributed by atoms with Crippen molar-refractivity contribution in [2.75, 3.05) is 31.7 Å². The molecule has 1 aromatic carbocycles. The van der Waals surface area contributed by atoms with Gasteiger partial charge in [0.25, 0.3) is 0 Å². The van der Waals surface area contributed by atoms with E-state index in [1.54, 1.807) is 12.1 Å². The Kier molecular flexibility index (Phi) is 4.84. The van der Waals surface area contributed by atoms with E-state index < -0.39 is 15.8 Å². The van der Waals surface area contributed by atoms with Gasteiger partial charge in [0, 0.05) is 13.1 Å². The number of nitrogens with zero attached hydrogens (tertiary/aromatic N) is 1. The molecule has 0 bridgehead atoms. The van der Waals surface area contributed by atoms with E-state index in [1.807, 2.05) is 11.0 Å². The lowest BCUT2D eigenvalue weighted by atomic mass is 10.1. The van der Waals surface area contributed by atoms with Crippen molar-refractivity contribution in [3.8, 4) is 5.75 Å².